The second kappa shape index (κ2) is 7.18. The molecule has 6 rings (SSSR count). The maximum Gasteiger partial charge on any atom is 0.130 e. The average Bonchev–Trinajstić information content (AvgIpc) is 3.09. The summed E-state index contributed by atoms with van der Waals surface area (Å²) >= 11 is 0. The lowest BCUT2D eigenvalue weighted by molar-refractivity contribution is -0.497. The Labute approximate surface area is 189 Å². The van der Waals surface area contributed by atoms with Gasteiger partial charge in [-0.1, -0.05) is 59.8 Å². The van der Waals surface area contributed by atoms with Gasteiger partial charge in [-0.15, -0.1) is 0 Å². The van der Waals surface area contributed by atoms with Gasteiger partial charge in [0.15, 0.2) is 0 Å². The zero-order valence-electron chi connectivity index (χ0n) is 20.6. The number of allylic oxidation sites excluding steroid dienone is 2. The van der Waals surface area contributed by atoms with Crippen molar-refractivity contribution in [3.8, 4) is 0 Å². The Morgan fingerprint density at radius 3 is 2.35 bits per heavy atom. The quantitative estimate of drug-likeness (QED) is 0.412. The minimum absolute atomic E-state index is 0.0663. The number of aliphatic hydroxyl groups is 1. The monoisotopic (exact) mass is 428 g/mol. The van der Waals surface area contributed by atoms with Crippen molar-refractivity contribution in [2.45, 2.75) is 104 Å². The van der Waals surface area contributed by atoms with E-state index in [4.69, 9.17) is 9.78 Å². The Bertz CT molecular complexity index is 772. The minimum atomic E-state index is -0.439. The highest BCUT2D eigenvalue weighted by Gasteiger charge is 2.74. The van der Waals surface area contributed by atoms with E-state index in [-0.39, 0.29) is 22.5 Å². The van der Waals surface area contributed by atoms with Crippen molar-refractivity contribution in [1.82, 2.24) is 0 Å². The van der Waals surface area contributed by atoms with Gasteiger partial charge in [0.05, 0.1) is 6.10 Å². The second-order valence-corrected chi connectivity index (χ2v) is 12.7. The molecule has 3 heteroatoms. The topological polar surface area (TPSA) is 38.7 Å². The van der Waals surface area contributed by atoms with Crippen LogP contribution in [0.3, 0.4) is 0 Å². The van der Waals surface area contributed by atoms with Crippen molar-refractivity contribution in [1.29, 1.82) is 0 Å². The van der Waals surface area contributed by atoms with Crippen LogP contribution in [-0.4, -0.2) is 22.4 Å². The predicted octanol–water partition coefficient (Wildman–Crippen LogP) is 6.47. The van der Waals surface area contributed by atoms with Crippen LogP contribution in [-0.2, 0) is 9.78 Å². The molecule has 0 radical (unpaired) electrons. The van der Waals surface area contributed by atoms with Gasteiger partial charge in [-0.2, -0.15) is 0 Å². The smallest absolute Gasteiger partial charge is 0.130 e. The van der Waals surface area contributed by atoms with Crippen LogP contribution >= 0.6 is 0 Å². The highest BCUT2D eigenvalue weighted by molar-refractivity contribution is 5.33. The van der Waals surface area contributed by atoms with Crippen molar-refractivity contribution < 1.29 is 14.9 Å². The Kier molecular flexibility index (Phi) is 5.13. The van der Waals surface area contributed by atoms with Gasteiger partial charge in [-0.05, 0) is 73.7 Å². The molecule has 2 spiro atoms. The Morgan fingerprint density at radius 1 is 0.903 bits per heavy atom. The maximum atomic E-state index is 10.4. The van der Waals surface area contributed by atoms with Crippen molar-refractivity contribution in [3.63, 3.8) is 0 Å². The predicted molar refractivity (Wildman–Crippen MR) is 124 cm³/mol. The van der Waals surface area contributed by atoms with E-state index in [1.165, 1.54) is 25.7 Å². The SMILES string of the molecule is CC(C)C(C)/C=C\C(C)C1CCC2C1(C)CCC1C23C=CC2(CC(O)CCC12C)OO3. The van der Waals surface area contributed by atoms with Crippen LogP contribution in [0.2, 0.25) is 0 Å². The fraction of sp³-hybridized carbons (Fsp3) is 0.857. The van der Waals surface area contributed by atoms with E-state index in [1.807, 2.05) is 0 Å². The molecule has 0 aromatic heterocycles. The van der Waals surface area contributed by atoms with Crippen LogP contribution in [0.5, 0.6) is 0 Å². The molecule has 0 amide bonds. The van der Waals surface area contributed by atoms with Gasteiger partial charge in [0, 0.05) is 23.7 Å². The molecule has 4 aliphatic carbocycles. The molecule has 1 N–H and O–H groups in total. The number of hydrogen-bond donors (Lipinski definition) is 1. The Morgan fingerprint density at radius 2 is 1.68 bits per heavy atom. The van der Waals surface area contributed by atoms with E-state index >= 15 is 0 Å². The summed E-state index contributed by atoms with van der Waals surface area (Å²) in [6, 6.07) is 0. The third-order valence-corrected chi connectivity index (χ3v) is 11.1. The first-order valence-electron chi connectivity index (χ1n) is 13.0. The fourth-order valence-corrected chi connectivity index (χ4v) is 8.71. The standard InChI is InChI=1S/C28H44O3/c1-18(2)19(3)7-8-20(4)22-9-10-23-25(22,5)13-12-24-26(6)14-11-21(29)17-27(26)15-16-28(23,24)31-30-27/h7-8,15-16,18-24,29H,9-14,17H2,1-6H3/b8-7-. The van der Waals surface area contributed by atoms with Crippen LogP contribution in [0.25, 0.3) is 0 Å². The van der Waals surface area contributed by atoms with Crippen molar-refractivity contribution in [3.05, 3.63) is 24.3 Å². The van der Waals surface area contributed by atoms with Crippen LogP contribution in [0.15, 0.2) is 24.3 Å². The molecule has 31 heavy (non-hydrogen) atoms. The first-order chi connectivity index (χ1) is 14.6. The van der Waals surface area contributed by atoms with E-state index in [0.29, 0.717) is 41.9 Å². The molecule has 2 heterocycles. The minimum Gasteiger partial charge on any atom is -0.393 e. The van der Waals surface area contributed by atoms with Crippen LogP contribution in [0, 0.1) is 46.3 Å². The lowest BCUT2D eigenvalue weighted by atomic mass is 9.43. The van der Waals surface area contributed by atoms with Gasteiger partial charge in [0.25, 0.3) is 0 Å². The van der Waals surface area contributed by atoms with Gasteiger partial charge in [-0.3, -0.25) is 0 Å². The summed E-state index contributed by atoms with van der Waals surface area (Å²) < 4.78 is 0. The van der Waals surface area contributed by atoms with E-state index < -0.39 is 5.60 Å². The van der Waals surface area contributed by atoms with E-state index in [1.54, 1.807) is 0 Å². The molecule has 0 aromatic carbocycles. The fourth-order valence-electron chi connectivity index (χ4n) is 8.71. The van der Waals surface area contributed by atoms with Gasteiger partial charge in [-0.25, -0.2) is 9.78 Å². The van der Waals surface area contributed by atoms with Crippen LogP contribution in [0.1, 0.15) is 86.5 Å². The Hall–Kier alpha value is -0.640. The molecule has 2 aliphatic heterocycles. The molecular weight excluding hydrogens is 384 g/mol. The maximum absolute atomic E-state index is 10.4. The summed E-state index contributed by atoms with van der Waals surface area (Å²) in [5.74, 6) is 3.64. The van der Waals surface area contributed by atoms with E-state index in [0.717, 1.165) is 12.8 Å². The first kappa shape index (κ1) is 22.2. The number of rotatable bonds is 4. The summed E-state index contributed by atoms with van der Waals surface area (Å²) in [5, 5.41) is 10.4. The molecule has 2 bridgehead atoms. The zero-order valence-corrected chi connectivity index (χ0v) is 20.6. The number of hydrogen-bond acceptors (Lipinski definition) is 3. The summed E-state index contributed by atoms with van der Waals surface area (Å²) in [6.07, 6.45) is 17.0. The third-order valence-electron chi connectivity index (χ3n) is 11.1. The lowest BCUT2D eigenvalue weighted by Crippen LogP contribution is -2.73. The van der Waals surface area contributed by atoms with Gasteiger partial charge >= 0.3 is 0 Å². The largest absolute Gasteiger partial charge is 0.393 e. The highest BCUT2D eigenvalue weighted by Crippen LogP contribution is 2.72. The normalized spacial score (nSPS) is 52.8. The molecule has 6 aliphatic rings. The van der Waals surface area contributed by atoms with Crippen molar-refractivity contribution in [2.75, 3.05) is 0 Å². The summed E-state index contributed by atoms with van der Waals surface area (Å²) in [7, 11) is 0. The van der Waals surface area contributed by atoms with Crippen LogP contribution < -0.4 is 0 Å². The van der Waals surface area contributed by atoms with Crippen LogP contribution in [0.4, 0.5) is 0 Å². The molecule has 0 aromatic rings. The zero-order chi connectivity index (χ0) is 22.2. The molecule has 174 valence electrons. The number of aliphatic hydroxyl groups excluding tert-OH is 1. The molecular formula is C28H44O3. The average molecular weight is 429 g/mol. The summed E-state index contributed by atoms with van der Waals surface area (Å²) in [6.45, 7) is 14.4. The van der Waals surface area contributed by atoms with Crippen molar-refractivity contribution in [2.24, 2.45) is 46.3 Å². The highest BCUT2D eigenvalue weighted by atomic mass is 17.2. The molecule has 10 unspecified atom stereocenters. The van der Waals surface area contributed by atoms with Gasteiger partial charge in [0.2, 0.25) is 0 Å². The molecule has 1 saturated heterocycles. The van der Waals surface area contributed by atoms with E-state index in [2.05, 4.69) is 65.8 Å². The molecule has 10 atom stereocenters. The lowest BCUT2D eigenvalue weighted by Gasteiger charge is -2.69. The molecule has 4 fully saturated rings. The first-order valence-corrected chi connectivity index (χ1v) is 13.0. The molecule has 3 nitrogen and oxygen atoms in total. The third kappa shape index (κ3) is 2.88. The summed E-state index contributed by atoms with van der Waals surface area (Å²) in [4.78, 5) is 12.8. The van der Waals surface area contributed by atoms with Gasteiger partial charge < -0.3 is 5.11 Å². The van der Waals surface area contributed by atoms with Crippen molar-refractivity contribution >= 4 is 0 Å². The van der Waals surface area contributed by atoms with Gasteiger partial charge in [0.1, 0.15) is 11.2 Å². The summed E-state index contributed by atoms with van der Waals surface area (Å²) in [5.41, 5.74) is -0.366. The number of fused-ring (bicyclic) bond motifs is 2. The molecule has 3 saturated carbocycles. The van der Waals surface area contributed by atoms with E-state index in [9.17, 15) is 5.11 Å². The second-order valence-electron chi connectivity index (χ2n) is 12.7. The Balaban J connectivity index is 1.45.